The largest absolute Gasteiger partial charge is 0.473 e. The van der Waals surface area contributed by atoms with E-state index in [1.807, 2.05) is 35.2 Å². The summed E-state index contributed by atoms with van der Waals surface area (Å²) in [7, 11) is 1.67. The van der Waals surface area contributed by atoms with E-state index in [1.165, 1.54) is 5.56 Å². The fourth-order valence-corrected chi connectivity index (χ4v) is 3.58. The summed E-state index contributed by atoms with van der Waals surface area (Å²) in [4.78, 5) is 37.7. The number of carbonyl (C=O) groups is 3. The molecule has 0 bridgehead atoms. The second kappa shape index (κ2) is 13.3. The number of methoxy groups -OCH3 is 1. The summed E-state index contributed by atoms with van der Waals surface area (Å²) < 4.78 is 11.2. The zero-order valence-corrected chi connectivity index (χ0v) is 18.8. The summed E-state index contributed by atoms with van der Waals surface area (Å²) in [5.74, 6) is -3.62. The third-order valence-electron chi connectivity index (χ3n) is 5.27. The number of pyridine rings is 1. The highest BCUT2D eigenvalue weighted by Gasteiger charge is 2.38. The van der Waals surface area contributed by atoms with Crippen molar-refractivity contribution >= 4 is 17.8 Å². The van der Waals surface area contributed by atoms with Gasteiger partial charge in [-0.15, -0.1) is 0 Å². The molecule has 9 nitrogen and oxygen atoms in total. The number of likely N-dealkylation sites (tertiary alicyclic amines) is 1. The Kier molecular flexibility index (Phi) is 10.5. The van der Waals surface area contributed by atoms with E-state index in [1.54, 1.807) is 13.3 Å². The van der Waals surface area contributed by atoms with Gasteiger partial charge in [0.15, 0.2) is 0 Å². The van der Waals surface area contributed by atoms with E-state index in [9.17, 15) is 4.79 Å². The number of hydrogen-bond donors (Lipinski definition) is 2. The molecule has 3 rings (SSSR count). The van der Waals surface area contributed by atoms with Gasteiger partial charge in [0, 0.05) is 25.5 Å². The molecule has 2 aromatic rings. The molecule has 0 unspecified atom stereocenters. The molecule has 2 heterocycles. The van der Waals surface area contributed by atoms with Crippen LogP contribution in [0.2, 0.25) is 0 Å². The molecule has 2 atom stereocenters. The quantitative estimate of drug-likeness (QED) is 0.456. The molecule has 1 aliphatic rings. The Morgan fingerprint density at radius 1 is 1.06 bits per heavy atom. The molecular formula is C24H30N2O7. The molecule has 0 saturated carbocycles. The van der Waals surface area contributed by atoms with Crippen LogP contribution in [0.5, 0.6) is 0 Å². The van der Waals surface area contributed by atoms with Crippen molar-refractivity contribution in [2.75, 3.05) is 26.9 Å². The number of nitrogens with zero attached hydrogens (tertiary/aromatic N) is 2. The average molecular weight is 459 g/mol. The molecule has 1 amide bonds. The van der Waals surface area contributed by atoms with Crippen LogP contribution in [0, 0.1) is 0 Å². The second-order valence-electron chi connectivity index (χ2n) is 7.45. The van der Waals surface area contributed by atoms with Crippen LogP contribution in [-0.2, 0) is 31.9 Å². The van der Waals surface area contributed by atoms with Crippen molar-refractivity contribution < 1.29 is 34.1 Å². The molecule has 1 aliphatic heterocycles. The van der Waals surface area contributed by atoms with Gasteiger partial charge >= 0.3 is 11.9 Å². The van der Waals surface area contributed by atoms with Crippen LogP contribution < -0.4 is 0 Å². The predicted octanol–water partition coefficient (Wildman–Crippen LogP) is 2.29. The van der Waals surface area contributed by atoms with Crippen LogP contribution in [0.15, 0.2) is 48.7 Å². The predicted molar refractivity (Wildman–Crippen MR) is 120 cm³/mol. The number of carbonyl (C=O) groups excluding carboxylic acids is 1. The van der Waals surface area contributed by atoms with E-state index in [0.29, 0.717) is 25.3 Å². The van der Waals surface area contributed by atoms with Crippen LogP contribution >= 0.6 is 0 Å². The minimum atomic E-state index is -1.82. The number of aliphatic carboxylic acids is 2. The minimum Gasteiger partial charge on any atom is -0.473 e. The van der Waals surface area contributed by atoms with E-state index >= 15 is 0 Å². The lowest BCUT2D eigenvalue weighted by Crippen LogP contribution is -2.42. The molecule has 9 heteroatoms. The van der Waals surface area contributed by atoms with Gasteiger partial charge in [0.25, 0.3) is 5.91 Å². The van der Waals surface area contributed by atoms with Crippen LogP contribution in [0.25, 0.3) is 0 Å². The number of ether oxygens (including phenoxy) is 2. The molecule has 0 spiro atoms. The van der Waals surface area contributed by atoms with Crippen molar-refractivity contribution in [3.63, 3.8) is 0 Å². The zero-order valence-electron chi connectivity index (χ0n) is 18.8. The van der Waals surface area contributed by atoms with Gasteiger partial charge in [-0.3, -0.25) is 9.78 Å². The number of carboxylic acid groups (broad SMARTS) is 2. The molecule has 1 saturated heterocycles. The van der Waals surface area contributed by atoms with Gasteiger partial charge in [0.05, 0.1) is 30.9 Å². The van der Waals surface area contributed by atoms with Gasteiger partial charge in [0.1, 0.15) is 0 Å². The number of rotatable bonds is 8. The second-order valence-corrected chi connectivity index (χ2v) is 7.45. The Morgan fingerprint density at radius 2 is 1.76 bits per heavy atom. The molecule has 1 aromatic carbocycles. The number of hydrogen-bond acceptors (Lipinski definition) is 6. The molecule has 0 aliphatic carbocycles. The molecule has 178 valence electrons. The molecule has 2 N–H and O–H groups in total. The van der Waals surface area contributed by atoms with E-state index in [-0.39, 0.29) is 18.1 Å². The SMILES string of the molecule is CCc1ccc(C(=O)N2CC[C@@H](OCCOC)[C@@H]2Cc2ccccc2)cn1.O=C(O)C(=O)O. The molecule has 1 fully saturated rings. The van der Waals surface area contributed by atoms with Gasteiger partial charge in [-0.2, -0.15) is 0 Å². The number of amides is 1. The molecule has 1 aromatic heterocycles. The third-order valence-corrected chi connectivity index (χ3v) is 5.27. The molecule has 33 heavy (non-hydrogen) atoms. The third kappa shape index (κ3) is 7.96. The van der Waals surface area contributed by atoms with Crippen molar-refractivity contribution in [2.24, 2.45) is 0 Å². The lowest BCUT2D eigenvalue weighted by atomic mass is 10.0. The first-order valence-electron chi connectivity index (χ1n) is 10.7. The number of aromatic nitrogens is 1. The van der Waals surface area contributed by atoms with Gasteiger partial charge in [0.2, 0.25) is 0 Å². The van der Waals surface area contributed by atoms with Crippen LogP contribution in [0.4, 0.5) is 0 Å². The summed E-state index contributed by atoms with van der Waals surface area (Å²) >= 11 is 0. The fourth-order valence-electron chi connectivity index (χ4n) is 3.58. The summed E-state index contributed by atoms with van der Waals surface area (Å²) in [5.41, 5.74) is 2.85. The summed E-state index contributed by atoms with van der Waals surface area (Å²) in [6.07, 6.45) is 4.20. The average Bonchev–Trinajstić information content (AvgIpc) is 3.22. The minimum absolute atomic E-state index is 0.0163. The van der Waals surface area contributed by atoms with E-state index in [0.717, 1.165) is 25.0 Å². The van der Waals surface area contributed by atoms with Crippen molar-refractivity contribution in [1.29, 1.82) is 0 Å². The van der Waals surface area contributed by atoms with Gasteiger partial charge in [-0.1, -0.05) is 37.3 Å². The maximum Gasteiger partial charge on any atom is 0.414 e. The highest BCUT2D eigenvalue weighted by atomic mass is 16.5. The van der Waals surface area contributed by atoms with E-state index in [2.05, 4.69) is 24.0 Å². The number of aryl methyl sites for hydroxylation is 1. The molecular weight excluding hydrogens is 428 g/mol. The number of carboxylic acids is 2. The van der Waals surface area contributed by atoms with Crippen LogP contribution in [0.1, 0.15) is 35.0 Å². The van der Waals surface area contributed by atoms with Crippen molar-refractivity contribution in [2.45, 2.75) is 38.3 Å². The van der Waals surface area contributed by atoms with Crippen molar-refractivity contribution in [3.8, 4) is 0 Å². The summed E-state index contributed by atoms with van der Waals surface area (Å²) in [6, 6.07) is 14.1. The van der Waals surface area contributed by atoms with Gasteiger partial charge in [-0.25, -0.2) is 9.59 Å². The van der Waals surface area contributed by atoms with E-state index < -0.39 is 11.9 Å². The first-order valence-corrected chi connectivity index (χ1v) is 10.7. The maximum absolute atomic E-state index is 13.1. The van der Waals surface area contributed by atoms with Crippen LogP contribution in [0.3, 0.4) is 0 Å². The van der Waals surface area contributed by atoms with Crippen molar-refractivity contribution in [3.05, 3.63) is 65.5 Å². The standard InChI is InChI=1S/C22H28N2O3.C2H2O4/c1-3-19-10-9-18(16-23-19)22(25)24-12-11-21(27-14-13-26-2)20(24)15-17-7-5-4-6-8-17;3-1(4)2(5)6/h4-10,16,20-21H,3,11-15H2,1-2H3;(H,3,4)(H,5,6)/t20-,21+;/m0./s1. The van der Waals surface area contributed by atoms with Crippen molar-refractivity contribution in [1.82, 2.24) is 9.88 Å². The normalized spacial score (nSPS) is 17.2. The number of benzene rings is 1. The maximum atomic E-state index is 13.1. The lowest BCUT2D eigenvalue weighted by molar-refractivity contribution is -0.159. The monoisotopic (exact) mass is 458 g/mol. The topological polar surface area (TPSA) is 126 Å². The van der Waals surface area contributed by atoms with E-state index in [4.69, 9.17) is 29.3 Å². The smallest absolute Gasteiger partial charge is 0.414 e. The van der Waals surface area contributed by atoms with Gasteiger partial charge in [-0.05, 0) is 37.0 Å². The lowest BCUT2D eigenvalue weighted by Gasteiger charge is -2.28. The highest BCUT2D eigenvalue weighted by Crippen LogP contribution is 2.26. The summed E-state index contributed by atoms with van der Waals surface area (Å²) in [6.45, 7) is 3.86. The Morgan fingerprint density at radius 3 is 2.30 bits per heavy atom. The first kappa shape index (κ1) is 26.0. The fraction of sp³-hybridized carbons (Fsp3) is 0.417. The van der Waals surface area contributed by atoms with Gasteiger partial charge < -0.3 is 24.6 Å². The highest BCUT2D eigenvalue weighted by molar-refractivity contribution is 6.27. The summed E-state index contributed by atoms with van der Waals surface area (Å²) in [5, 5.41) is 14.8. The Balaban J connectivity index is 0.000000569. The Bertz CT molecular complexity index is 891. The van der Waals surface area contributed by atoms with Crippen LogP contribution in [-0.4, -0.2) is 77.0 Å². The Labute approximate surface area is 193 Å². The molecule has 0 radical (unpaired) electrons. The first-order chi connectivity index (χ1) is 15.9. The Hall–Kier alpha value is -3.30. The zero-order chi connectivity index (χ0) is 24.2.